The molecule has 128 valence electrons. The highest BCUT2D eigenvalue weighted by Crippen LogP contribution is 2.23. The molecule has 25 heavy (non-hydrogen) atoms. The van der Waals surface area contributed by atoms with Crippen molar-refractivity contribution in [2.45, 2.75) is 6.42 Å². The maximum absolute atomic E-state index is 11.8. The normalized spacial score (nSPS) is 15.5. The highest BCUT2D eigenvalue weighted by molar-refractivity contribution is 5.86. The minimum Gasteiger partial charge on any atom is -0.379 e. The summed E-state index contributed by atoms with van der Waals surface area (Å²) in [5.41, 5.74) is 3.63. The van der Waals surface area contributed by atoms with Crippen LogP contribution in [0, 0.1) is 0 Å². The van der Waals surface area contributed by atoms with Gasteiger partial charge in [-0.3, -0.25) is 9.69 Å². The third kappa shape index (κ3) is 3.65. The summed E-state index contributed by atoms with van der Waals surface area (Å²) in [6.07, 6.45) is 2.76. The van der Waals surface area contributed by atoms with Crippen molar-refractivity contribution in [2.24, 2.45) is 0 Å². The van der Waals surface area contributed by atoms with E-state index in [2.05, 4.69) is 40.2 Å². The van der Waals surface area contributed by atoms with E-state index < -0.39 is 0 Å². The van der Waals surface area contributed by atoms with E-state index in [-0.39, 0.29) is 5.56 Å². The second-order valence-electron chi connectivity index (χ2n) is 6.51. The smallest absolute Gasteiger partial charge is 0.255 e. The standard InChI is InChI=1S/C21H22N2O2/c24-21-20-6-5-18(15-19(20)7-9-22-21)17-3-1-16(2-4-17)8-10-23-11-13-25-14-12-23/h1-7,9,15H,8,10-14H2,(H,22,24). The molecule has 0 amide bonds. The molecule has 1 N–H and O–H groups in total. The lowest BCUT2D eigenvalue weighted by Crippen LogP contribution is -2.37. The lowest BCUT2D eigenvalue weighted by atomic mass is 10.0. The molecule has 1 fully saturated rings. The van der Waals surface area contributed by atoms with Crippen molar-refractivity contribution in [1.82, 2.24) is 9.88 Å². The third-order valence-electron chi connectivity index (χ3n) is 4.88. The summed E-state index contributed by atoms with van der Waals surface area (Å²) in [5.74, 6) is 0. The molecule has 4 nitrogen and oxygen atoms in total. The number of hydrogen-bond donors (Lipinski definition) is 1. The number of fused-ring (bicyclic) bond motifs is 1. The quantitative estimate of drug-likeness (QED) is 0.797. The van der Waals surface area contributed by atoms with E-state index in [1.54, 1.807) is 6.20 Å². The molecule has 3 aromatic rings. The van der Waals surface area contributed by atoms with Crippen LogP contribution in [0.5, 0.6) is 0 Å². The molecule has 0 saturated carbocycles. The van der Waals surface area contributed by atoms with Crippen LogP contribution in [0.3, 0.4) is 0 Å². The van der Waals surface area contributed by atoms with Gasteiger partial charge in [0, 0.05) is 31.2 Å². The predicted molar refractivity (Wildman–Crippen MR) is 101 cm³/mol. The van der Waals surface area contributed by atoms with E-state index in [1.165, 1.54) is 11.1 Å². The van der Waals surface area contributed by atoms with Gasteiger partial charge in [-0.2, -0.15) is 0 Å². The first-order valence-electron chi connectivity index (χ1n) is 8.80. The summed E-state index contributed by atoms with van der Waals surface area (Å²) < 4.78 is 5.39. The third-order valence-corrected chi connectivity index (χ3v) is 4.88. The second kappa shape index (κ2) is 7.21. The molecule has 0 aliphatic carbocycles. The van der Waals surface area contributed by atoms with E-state index >= 15 is 0 Å². The Kier molecular flexibility index (Phi) is 4.63. The fraction of sp³-hybridized carbons (Fsp3) is 0.286. The van der Waals surface area contributed by atoms with Gasteiger partial charge in [0.25, 0.3) is 5.56 Å². The van der Waals surface area contributed by atoms with Gasteiger partial charge in [0.05, 0.1) is 13.2 Å². The van der Waals surface area contributed by atoms with Crippen LogP contribution in [0.4, 0.5) is 0 Å². The molecule has 4 rings (SSSR count). The Bertz CT molecular complexity index is 909. The molecule has 0 radical (unpaired) electrons. The van der Waals surface area contributed by atoms with Crippen LogP contribution in [-0.4, -0.2) is 42.7 Å². The van der Waals surface area contributed by atoms with Gasteiger partial charge in [0.15, 0.2) is 0 Å². The van der Waals surface area contributed by atoms with Crippen molar-refractivity contribution >= 4 is 10.8 Å². The average Bonchev–Trinajstić information content (AvgIpc) is 2.67. The molecule has 0 unspecified atom stereocenters. The number of pyridine rings is 1. The Morgan fingerprint density at radius 1 is 0.960 bits per heavy atom. The summed E-state index contributed by atoms with van der Waals surface area (Å²) in [5, 5.41) is 1.70. The van der Waals surface area contributed by atoms with E-state index in [9.17, 15) is 4.79 Å². The minimum atomic E-state index is -0.0393. The molecule has 1 saturated heterocycles. The van der Waals surface area contributed by atoms with Gasteiger partial charge in [-0.25, -0.2) is 0 Å². The largest absolute Gasteiger partial charge is 0.379 e. The van der Waals surface area contributed by atoms with Gasteiger partial charge >= 0.3 is 0 Å². The number of morpholine rings is 1. The first-order chi connectivity index (χ1) is 12.3. The van der Waals surface area contributed by atoms with Crippen molar-refractivity contribution in [3.63, 3.8) is 0 Å². The number of benzene rings is 2. The number of ether oxygens (including phenoxy) is 1. The van der Waals surface area contributed by atoms with Crippen molar-refractivity contribution in [3.8, 4) is 11.1 Å². The monoisotopic (exact) mass is 334 g/mol. The fourth-order valence-electron chi connectivity index (χ4n) is 3.35. The Morgan fingerprint density at radius 2 is 1.72 bits per heavy atom. The van der Waals surface area contributed by atoms with Crippen LogP contribution in [-0.2, 0) is 11.2 Å². The van der Waals surface area contributed by atoms with E-state index in [0.29, 0.717) is 0 Å². The average molecular weight is 334 g/mol. The highest BCUT2D eigenvalue weighted by Gasteiger charge is 2.10. The lowest BCUT2D eigenvalue weighted by molar-refractivity contribution is 0.0384. The summed E-state index contributed by atoms with van der Waals surface area (Å²) >= 11 is 0. The minimum absolute atomic E-state index is 0.0393. The molecular weight excluding hydrogens is 312 g/mol. The van der Waals surface area contributed by atoms with Crippen LogP contribution >= 0.6 is 0 Å². The van der Waals surface area contributed by atoms with E-state index in [0.717, 1.165) is 55.6 Å². The molecule has 0 atom stereocenters. The van der Waals surface area contributed by atoms with E-state index in [1.807, 2.05) is 18.2 Å². The van der Waals surface area contributed by atoms with Crippen LogP contribution in [0.25, 0.3) is 21.9 Å². The molecule has 1 aliphatic rings. The first kappa shape index (κ1) is 16.1. The Balaban J connectivity index is 1.49. The predicted octanol–water partition coefficient (Wildman–Crippen LogP) is 3.07. The molecule has 0 spiro atoms. The van der Waals surface area contributed by atoms with Crippen molar-refractivity contribution < 1.29 is 4.74 Å². The molecule has 1 aromatic heterocycles. The fourth-order valence-corrected chi connectivity index (χ4v) is 3.35. The second-order valence-corrected chi connectivity index (χ2v) is 6.51. The topological polar surface area (TPSA) is 45.3 Å². The van der Waals surface area contributed by atoms with Gasteiger partial charge < -0.3 is 9.72 Å². The Hall–Kier alpha value is -2.43. The number of nitrogens with zero attached hydrogens (tertiary/aromatic N) is 1. The maximum Gasteiger partial charge on any atom is 0.255 e. The molecule has 4 heteroatoms. The lowest BCUT2D eigenvalue weighted by Gasteiger charge is -2.26. The van der Waals surface area contributed by atoms with Crippen LogP contribution < -0.4 is 5.56 Å². The summed E-state index contributed by atoms with van der Waals surface area (Å²) in [6.45, 7) is 4.86. The van der Waals surface area contributed by atoms with Gasteiger partial charge in [0.1, 0.15) is 0 Å². The highest BCUT2D eigenvalue weighted by atomic mass is 16.5. The summed E-state index contributed by atoms with van der Waals surface area (Å²) in [4.78, 5) is 17.0. The van der Waals surface area contributed by atoms with Gasteiger partial charge in [-0.15, -0.1) is 0 Å². The summed E-state index contributed by atoms with van der Waals surface area (Å²) in [7, 11) is 0. The summed E-state index contributed by atoms with van der Waals surface area (Å²) in [6, 6.07) is 16.7. The number of aromatic amines is 1. The van der Waals surface area contributed by atoms with Crippen LogP contribution in [0.15, 0.2) is 59.5 Å². The van der Waals surface area contributed by atoms with E-state index in [4.69, 9.17) is 4.74 Å². The zero-order chi connectivity index (χ0) is 17.1. The molecule has 2 aromatic carbocycles. The van der Waals surface area contributed by atoms with Gasteiger partial charge in [-0.1, -0.05) is 30.3 Å². The number of rotatable bonds is 4. The maximum atomic E-state index is 11.8. The molecule has 0 bridgehead atoms. The Morgan fingerprint density at radius 3 is 2.52 bits per heavy atom. The molecule has 1 aliphatic heterocycles. The Labute approximate surface area is 147 Å². The zero-order valence-corrected chi connectivity index (χ0v) is 14.2. The number of hydrogen-bond acceptors (Lipinski definition) is 3. The van der Waals surface area contributed by atoms with Gasteiger partial charge in [-0.05, 0) is 46.7 Å². The number of aromatic nitrogens is 1. The van der Waals surface area contributed by atoms with Gasteiger partial charge in [0.2, 0.25) is 0 Å². The SMILES string of the molecule is O=c1[nH]ccc2cc(-c3ccc(CCN4CCOCC4)cc3)ccc12. The zero-order valence-electron chi connectivity index (χ0n) is 14.2. The molecule has 2 heterocycles. The first-order valence-corrected chi connectivity index (χ1v) is 8.80. The number of H-pyrrole nitrogens is 1. The van der Waals surface area contributed by atoms with Crippen LogP contribution in [0.1, 0.15) is 5.56 Å². The molecular formula is C21H22N2O2. The van der Waals surface area contributed by atoms with Crippen molar-refractivity contribution in [2.75, 3.05) is 32.8 Å². The van der Waals surface area contributed by atoms with Crippen molar-refractivity contribution in [3.05, 3.63) is 70.6 Å². The number of nitrogens with one attached hydrogen (secondary N) is 1. The van der Waals surface area contributed by atoms with Crippen molar-refractivity contribution in [1.29, 1.82) is 0 Å². The van der Waals surface area contributed by atoms with Crippen LogP contribution in [0.2, 0.25) is 0 Å².